The van der Waals surface area contributed by atoms with E-state index in [4.69, 9.17) is 0 Å². The van der Waals surface area contributed by atoms with Crippen LogP contribution < -0.4 is 5.32 Å². The normalized spacial score (nSPS) is 36.2. The van der Waals surface area contributed by atoms with Crippen LogP contribution in [0.15, 0.2) is 0 Å². The van der Waals surface area contributed by atoms with Gasteiger partial charge in [-0.25, -0.2) is 0 Å². The lowest BCUT2D eigenvalue weighted by atomic mass is 10.0. The van der Waals surface area contributed by atoms with E-state index in [1.165, 1.54) is 19.3 Å². The molecule has 20 heavy (non-hydrogen) atoms. The van der Waals surface area contributed by atoms with Crippen LogP contribution in [0.4, 0.5) is 0 Å². The molecule has 3 rings (SSSR count). The first kappa shape index (κ1) is 13.9. The van der Waals surface area contributed by atoms with Crippen LogP contribution in [0, 0.1) is 11.8 Å². The highest BCUT2D eigenvalue weighted by atomic mass is 16.2. The average Bonchev–Trinajstić information content (AvgIpc) is 3.23. The summed E-state index contributed by atoms with van der Waals surface area (Å²) in [6, 6.07) is 0.132. The molecule has 4 heteroatoms. The van der Waals surface area contributed by atoms with Crippen molar-refractivity contribution in [3.8, 4) is 0 Å². The highest BCUT2D eigenvalue weighted by molar-refractivity contribution is 5.90. The molecular formula is C16H26N2O2. The SMILES string of the molecule is CC1CCCC(N2CCC(=O)NC(C3CC3)C2=O)CC1. The van der Waals surface area contributed by atoms with Crippen LogP contribution in [0.3, 0.4) is 0 Å². The number of nitrogens with one attached hydrogen (secondary N) is 1. The Morgan fingerprint density at radius 2 is 1.85 bits per heavy atom. The molecule has 0 aromatic rings. The summed E-state index contributed by atoms with van der Waals surface area (Å²) < 4.78 is 0. The minimum absolute atomic E-state index is 0.0553. The third-order valence-electron chi connectivity index (χ3n) is 5.21. The first-order valence-corrected chi connectivity index (χ1v) is 8.25. The Morgan fingerprint density at radius 3 is 2.60 bits per heavy atom. The van der Waals surface area contributed by atoms with E-state index in [1.54, 1.807) is 0 Å². The van der Waals surface area contributed by atoms with Crippen LogP contribution in [-0.4, -0.2) is 35.3 Å². The van der Waals surface area contributed by atoms with Gasteiger partial charge in [-0.2, -0.15) is 0 Å². The molecule has 0 radical (unpaired) electrons. The van der Waals surface area contributed by atoms with Gasteiger partial charge >= 0.3 is 0 Å². The number of hydrogen-bond acceptors (Lipinski definition) is 2. The maximum Gasteiger partial charge on any atom is 0.245 e. The fourth-order valence-corrected chi connectivity index (χ4v) is 3.71. The van der Waals surface area contributed by atoms with Crippen molar-refractivity contribution < 1.29 is 9.59 Å². The highest BCUT2D eigenvalue weighted by Gasteiger charge is 2.42. The second-order valence-corrected chi connectivity index (χ2v) is 6.93. The lowest BCUT2D eigenvalue weighted by molar-refractivity contribution is -0.136. The molecule has 0 aromatic heterocycles. The van der Waals surface area contributed by atoms with Gasteiger partial charge in [0.1, 0.15) is 6.04 Å². The first-order valence-electron chi connectivity index (χ1n) is 8.25. The van der Waals surface area contributed by atoms with E-state index in [0.29, 0.717) is 24.9 Å². The number of carbonyl (C=O) groups is 2. The summed E-state index contributed by atoms with van der Waals surface area (Å²) in [5.74, 6) is 1.43. The van der Waals surface area contributed by atoms with Crippen molar-refractivity contribution >= 4 is 11.8 Å². The molecule has 0 aromatic carbocycles. The molecule has 112 valence electrons. The first-order chi connectivity index (χ1) is 9.65. The number of hydrogen-bond donors (Lipinski definition) is 1. The molecule has 2 saturated carbocycles. The summed E-state index contributed by atoms with van der Waals surface area (Å²) in [6.07, 6.45) is 8.58. The molecule has 1 N–H and O–H groups in total. The molecular weight excluding hydrogens is 252 g/mol. The molecule has 0 bridgehead atoms. The molecule has 3 unspecified atom stereocenters. The van der Waals surface area contributed by atoms with E-state index >= 15 is 0 Å². The molecule has 2 aliphatic carbocycles. The van der Waals surface area contributed by atoms with E-state index in [9.17, 15) is 9.59 Å². The van der Waals surface area contributed by atoms with Gasteiger partial charge in [0.2, 0.25) is 11.8 Å². The zero-order valence-corrected chi connectivity index (χ0v) is 12.4. The molecule has 1 heterocycles. The lowest BCUT2D eigenvalue weighted by Gasteiger charge is -2.32. The van der Waals surface area contributed by atoms with E-state index in [1.807, 2.05) is 4.90 Å². The van der Waals surface area contributed by atoms with Crippen LogP contribution in [0.5, 0.6) is 0 Å². The smallest absolute Gasteiger partial charge is 0.245 e. The fraction of sp³-hybridized carbons (Fsp3) is 0.875. The summed E-state index contributed by atoms with van der Waals surface area (Å²) in [6.45, 7) is 2.93. The standard InChI is InChI=1S/C16H26N2O2/c1-11-3-2-4-13(8-5-11)18-10-9-14(19)17-15(16(18)20)12-6-7-12/h11-13,15H,2-10H2,1H3,(H,17,19). The van der Waals surface area contributed by atoms with Crippen molar-refractivity contribution in [3.63, 3.8) is 0 Å². The van der Waals surface area contributed by atoms with Crippen molar-refractivity contribution in [2.75, 3.05) is 6.54 Å². The van der Waals surface area contributed by atoms with E-state index in [-0.39, 0.29) is 17.9 Å². The van der Waals surface area contributed by atoms with E-state index in [2.05, 4.69) is 12.2 Å². The van der Waals surface area contributed by atoms with Gasteiger partial charge < -0.3 is 10.2 Å². The average molecular weight is 278 g/mol. The van der Waals surface area contributed by atoms with Crippen molar-refractivity contribution in [2.24, 2.45) is 11.8 Å². The second-order valence-electron chi connectivity index (χ2n) is 6.93. The third-order valence-corrected chi connectivity index (χ3v) is 5.21. The van der Waals surface area contributed by atoms with Gasteiger partial charge in [0.15, 0.2) is 0 Å². The summed E-state index contributed by atoms with van der Waals surface area (Å²) in [5.41, 5.74) is 0. The molecule has 4 nitrogen and oxygen atoms in total. The molecule has 1 aliphatic heterocycles. The van der Waals surface area contributed by atoms with Gasteiger partial charge in [-0.1, -0.05) is 19.8 Å². The zero-order chi connectivity index (χ0) is 14.1. The van der Waals surface area contributed by atoms with Gasteiger partial charge in [0.05, 0.1) is 0 Å². The molecule has 3 fully saturated rings. The monoisotopic (exact) mass is 278 g/mol. The Morgan fingerprint density at radius 1 is 1.05 bits per heavy atom. The lowest BCUT2D eigenvalue weighted by Crippen LogP contribution is -2.49. The summed E-state index contributed by atoms with van der Waals surface area (Å²) in [7, 11) is 0. The number of rotatable bonds is 2. The van der Waals surface area contributed by atoms with Crippen molar-refractivity contribution in [1.82, 2.24) is 10.2 Å². The maximum atomic E-state index is 12.8. The minimum Gasteiger partial charge on any atom is -0.344 e. The molecule has 1 saturated heterocycles. The van der Waals surface area contributed by atoms with Crippen LogP contribution in [0.25, 0.3) is 0 Å². The Bertz CT molecular complexity index is 392. The Kier molecular flexibility index (Phi) is 3.99. The van der Waals surface area contributed by atoms with Crippen LogP contribution in [0.1, 0.15) is 58.3 Å². The Balaban J connectivity index is 1.72. The highest BCUT2D eigenvalue weighted by Crippen LogP contribution is 2.35. The van der Waals surface area contributed by atoms with Crippen molar-refractivity contribution in [1.29, 1.82) is 0 Å². The van der Waals surface area contributed by atoms with E-state index < -0.39 is 0 Å². The summed E-state index contributed by atoms with van der Waals surface area (Å²) >= 11 is 0. The predicted molar refractivity (Wildman–Crippen MR) is 77.0 cm³/mol. The molecule has 2 amide bonds. The van der Waals surface area contributed by atoms with Crippen LogP contribution >= 0.6 is 0 Å². The maximum absolute atomic E-state index is 12.8. The Hall–Kier alpha value is -1.06. The number of amides is 2. The third kappa shape index (κ3) is 2.99. The topological polar surface area (TPSA) is 49.4 Å². The fourth-order valence-electron chi connectivity index (χ4n) is 3.71. The molecule has 0 spiro atoms. The number of carbonyl (C=O) groups excluding carboxylic acids is 2. The van der Waals surface area contributed by atoms with Crippen molar-refractivity contribution in [2.45, 2.75) is 70.4 Å². The second kappa shape index (κ2) is 5.74. The van der Waals surface area contributed by atoms with Crippen LogP contribution in [0.2, 0.25) is 0 Å². The van der Waals surface area contributed by atoms with Gasteiger partial charge in [-0.05, 0) is 43.9 Å². The minimum atomic E-state index is -0.231. The predicted octanol–water partition coefficient (Wildman–Crippen LogP) is 2.08. The van der Waals surface area contributed by atoms with Crippen LogP contribution in [-0.2, 0) is 9.59 Å². The van der Waals surface area contributed by atoms with Gasteiger partial charge in [-0.15, -0.1) is 0 Å². The van der Waals surface area contributed by atoms with E-state index in [0.717, 1.165) is 31.6 Å². The van der Waals surface area contributed by atoms with Crippen molar-refractivity contribution in [3.05, 3.63) is 0 Å². The Labute approximate surface area is 121 Å². The zero-order valence-electron chi connectivity index (χ0n) is 12.4. The quantitative estimate of drug-likeness (QED) is 0.786. The van der Waals surface area contributed by atoms with Gasteiger partial charge in [0, 0.05) is 19.0 Å². The largest absolute Gasteiger partial charge is 0.344 e. The summed E-state index contributed by atoms with van der Waals surface area (Å²) in [5, 5.41) is 2.95. The molecule has 3 aliphatic rings. The molecule has 3 atom stereocenters. The van der Waals surface area contributed by atoms with Gasteiger partial charge in [-0.3, -0.25) is 9.59 Å². The summed E-state index contributed by atoms with van der Waals surface area (Å²) in [4.78, 5) is 26.6. The number of nitrogens with zero attached hydrogens (tertiary/aromatic N) is 1. The van der Waals surface area contributed by atoms with Gasteiger partial charge in [0.25, 0.3) is 0 Å².